The molecule has 0 heterocycles. The fourth-order valence-electron chi connectivity index (χ4n) is 0.351. The summed E-state index contributed by atoms with van der Waals surface area (Å²) >= 11 is 0. The first-order valence-electron chi connectivity index (χ1n) is 2.68. The van der Waals surface area contributed by atoms with Gasteiger partial charge in [-0.15, -0.1) is 0 Å². The van der Waals surface area contributed by atoms with Crippen molar-refractivity contribution in [3.05, 3.63) is 0 Å². The van der Waals surface area contributed by atoms with Crippen molar-refractivity contribution < 1.29 is 9.53 Å². The quantitative estimate of drug-likeness (QED) is 0.464. The van der Waals surface area contributed by atoms with E-state index in [9.17, 15) is 4.79 Å². The second-order valence-corrected chi connectivity index (χ2v) is 1.91. The van der Waals surface area contributed by atoms with Crippen LogP contribution in [0.5, 0.6) is 0 Å². The van der Waals surface area contributed by atoms with E-state index in [2.05, 4.69) is 4.74 Å². The molecule has 4 N–H and O–H groups in total. The van der Waals surface area contributed by atoms with E-state index in [0.29, 0.717) is 0 Å². The Kier molecular flexibility index (Phi) is 3.19. The Labute approximate surface area is 54.2 Å². The number of rotatable bonds is 2. The standard InChI is InChI=1S/C5H12N2O2/c1-3(6)4(7)5(8)9-2/h3-4H,6-7H2,1-2H3. The maximum Gasteiger partial charge on any atom is 0.324 e. The predicted octanol–water partition coefficient (Wildman–Crippen LogP) is -1.17. The van der Waals surface area contributed by atoms with Crippen LogP contribution in [0.25, 0.3) is 0 Å². The van der Waals surface area contributed by atoms with Crippen LogP contribution in [0.3, 0.4) is 0 Å². The van der Waals surface area contributed by atoms with E-state index in [1.807, 2.05) is 0 Å². The molecule has 2 atom stereocenters. The SMILES string of the molecule is COC(=O)C(N)C(C)N. The molecule has 54 valence electrons. The maximum atomic E-state index is 10.5. The van der Waals surface area contributed by atoms with E-state index >= 15 is 0 Å². The van der Waals surface area contributed by atoms with Crippen LogP contribution in [0.4, 0.5) is 0 Å². The molecule has 0 rings (SSSR count). The summed E-state index contributed by atoms with van der Waals surface area (Å²) in [5.74, 6) is -0.468. The van der Waals surface area contributed by atoms with Gasteiger partial charge >= 0.3 is 5.97 Å². The van der Waals surface area contributed by atoms with Gasteiger partial charge < -0.3 is 16.2 Å². The first-order chi connectivity index (χ1) is 4.09. The van der Waals surface area contributed by atoms with Gasteiger partial charge in [-0.25, -0.2) is 0 Å². The maximum absolute atomic E-state index is 10.5. The van der Waals surface area contributed by atoms with Gasteiger partial charge in [0.1, 0.15) is 6.04 Å². The van der Waals surface area contributed by atoms with Crippen LogP contribution in [0, 0.1) is 0 Å². The van der Waals surface area contributed by atoms with E-state index in [1.54, 1.807) is 6.92 Å². The van der Waals surface area contributed by atoms with Crippen molar-refractivity contribution in [3.63, 3.8) is 0 Å². The van der Waals surface area contributed by atoms with Crippen molar-refractivity contribution in [2.75, 3.05) is 7.11 Å². The first kappa shape index (κ1) is 8.39. The molecule has 4 nitrogen and oxygen atoms in total. The second-order valence-electron chi connectivity index (χ2n) is 1.91. The number of hydrogen-bond donors (Lipinski definition) is 2. The first-order valence-corrected chi connectivity index (χ1v) is 2.68. The molecule has 0 radical (unpaired) electrons. The summed E-state index contributed by atoms with van der Waals surface area (Å²) in [6.07, 6.45) is 0. The Morgan fingerprint density at radius 3 is 2.11 bits per heavy atom. The van der Waals surface area contributed by atoms with Crippen LogP contribution in [-0.2, 0) is 9.53 Å². The highest BCUT2D eigenvalue weighted by Gasteiger charge is 2.17. The lowest BCUT2D eigenvalue weighted by Crippen LogP contribution is -2.45. The molecule has 0 aliphatic rings. The number of ether oxygens (including phenoxy) is 1. The summed E-state index contributed by atoms with van der Waals surface area (Å²) in [6.45, 7) is 1.65. The minimum absolute atomic E-state index is 0.350. The lowest BCUT2D eigenvalue weighted by Gasteiger charge is -2.11. The van der Waals surface area contributed by atoms with Crippen LogP contribution in [-0.4, -0.2) is 25.2 Å². The monoisotopic (exact) mass is 132 g/mol. The third kappa shape index (κ3) is 2.43. The van der Waals surface area contributed by atoms with Gasteiger partial charge in [0.2, 0.25) is 0 Å². The Bertz CT molecular complexity index is 103. The minimum Gasteiger partial charge on any atom is -0.468 e. The van der Waals surface area contributed by atoms with Crippen LogP contribution in [0.15, 0.2) is 0 Å². The number of hydrogen-bond acceptors (Lipinski definition) is 4. The predicted molar refractivity (Wildman–Crippen MR) is 33.6 cm³/mol. The van der Waals surface area contributed by atoms with Crippen molar-refractivity contribution in [1.82, 2.24) is 0 Å². The van der Waals surface area contributed by atoms with E-state index < -0.39 is 12.0 Å². The van der Waals surface area contributed by atoms with Gasteiger partial charge in [-0.1, -0.05) is 0 Å². The van der Waals surface area contributed by atoms with Crippen LogP contribution >= 0.6 is 0 Å². The van der Waals surface area contributed by atoms with Gasteiger partial charge in [-0.2, -0.15) is 0 Å². The summed E-state index contributed by atoms with van der Waals surface area (Å²) in [7, 11) is 1.28. The lowest BCUT2D eigenvalue weighted by atomic mass is 10.2. The fraction of sp³-hybridized carbons (Fsp3) is 0.800. The molecule has 0 saturated carbocycles. The van der Waals surface area contributed by atoms with Gasteiger partial charge in [-0.05, 0) is 6.92 Å². The van der Waals surface area contributed by atoms with Crippen molar-refractivity contribution in [3.8, 4) is 0 Å². The molecule has 0 bridgehead atoms. The molecule has 0 spiro atoms. The third-order valence-electron chi connectivity index (χ3n) is 1.04. The third-order valence-corrected chi connectivity index (χ3v) is 1.04. The number of methoxy groups -OCH3 is 1. The molecular formula is C5H12N2O2. The summed E-state index contributed by atoms with van der Waals surface area (Å²) in [5, 5.41) is 0. The Hall–Kier alpha value is -0.610. The van der Waals surface area contributed by atoms with Gasteiger partial charge in [-0.3, -0.25) is 4.79 Å². The molecule has 2 unspecified atom stereocenters. The Morgan fingerprint density at radius 2 is 2.00 bits per heavy atom. The summed E-state index contributed by atoms with van der Waals surface area (Å²) in [5.41, 5.74) is 10.6. The molecule has 4 heteroatoms. The molecular weight excluding hydrogens is 120 g/mol. The number of carbonyl (C=O) groups excluding carboxylic acids is 1. The molecule has 0 saturated heterocycles. The van der Waals surface area contributed by atoms with Gasteiger partial charge in [0, 0.05) is 6.04 Å². The zero-order valence-electron chi connectivity index (χ0n) is 5.63. The Morgan fingerprint density at radius 1 is 1.56 bits per heavy atom. The molecule has 9 heavy (non-hydrogen) atoms. The molecule has 0 aromatic rings. The van der Waals surface area contributed by atoms with Gasteiger partial charge in [0.25, 0.3) is 0 Å². The van der Waals surface area contributed by atoms with Crippen LogP contribution < -0.4 is 11.5 Å². The zero-order valence-corrected chi connectivity index (χ0v) is 5.63. The minimum atomic E-state index is -0.699. The Balaban J connectivity index is 3.72. The fourth-order valence-corrected chi connectivity index (χ4v) is 0.351. The highest BCUT2D eigenvalue weighted by Crippen LogP contribution is 1.86. The van der Waals surface area contributed by atoms with Crippen molar-refractivity contribution in [2.24, 2.45) is 11.5 Å². The summed E-state index contributed by atoms with van der Waals surface area (Å²) in [6, 6.07) is -1.05. The van der Waals surface area contributed by atoms with E-state index in [0.717, 1.165) is 0 Å². The average molecular weight is 132 g/mol. The number of carbonyl (C=O) groups is 1. The molecule has 0 amide bonds. The van der Waals surface area contributed by atoms with Crippen molar-refractivity contribution >= 4 is 5.97 Å². The topological polar surface area (TPSA) is 78.3 Å². The highest BCUT2D eigenvalue weighted by atomic mass is 16.5. The smallest absolute Gasteiger partial charge is 0.324 e. The largest absolute Gasteiger partial charge is 0.468 e. The summed E-state index contributed by atoms with van der Waals surface area (Å²) in [4.78, 5) is 10.5. The normalized spacial score (nSPS) is 16.4. The average Bonchev–Trinajstić information content (AvgIpc) is 1.84. The van der Waals surface area contributed by atoms with Crippen LogP contribution in [0.2, 0.25) is 0 Å². The lowest BCUT2D eigenvalue weighted by molar-refractivity contribution is -0.142. The molecule has 0 aromatic heterocycles. The van der Waals surface area contributed by atoms with Crippen molar-refractivity contribution in [2.45, 2.75) is 19.0 Å². The van der Waals surface area contributed by atoms with E-state index in [-0.39, 0.29) is 6.04 Å². The number of esters is 1. The second kappa shape index (κ2) is 3.42. The van der Waals surface area contributed by atoms with Crippen molar-refractivity contribution in [1.29, 1.82) is 0 Å². The van der Waals surface area contributed by atoms with E-state index in [4.69, 9.17) is 11.5 Å². The molecule has 0 aliphatic carbocycles. The zero-order chi connectivity index (χ0) is 7.44. The van der Waals surface area contributed by atoms with E-state index in [1.165, 1.54) is 7.11 Å². The van der Waals surface area contributed by atoms with Crippen LogP contribution in [0.1, 0.15) is 6.92 Å². The highest BCUT2D eigenvalue weighted by molar-refractivity contribution is 5.76. The van der Waals surface area contributed by atoms with Gasteiger partial charge in [0.05, 0.1) is 7.11 Å². The summed E-state index contributed by atoms with van der Waals surface area (Å²) < 4.78 is 4.33. The molecule has 0 aliphatic heterocycles. The number of nitrogens with two attached hydrogens (primary N) is 2. The molecule has 0 fully saturated rings. The van der Waals surface area contributed by atoms with Gasteiger partial charge in [0.15, 0.2) is 0 Å². The molecule has 0 aromatic carbocycles.